The number of nitrogens with one attached hydrogen (secondary N) is 3. The molecule has 0 saturated carbocycles. The Balaban J connectivity index is 2.11. The fourth-order valence-corrected chi connectivity index (χ4v) is 2.85. The highest BCUT2D eigenvalue weighted by atomic mass is 32.2. The Hall–Kier alpha value is -1.77. The van der Waals surface area contributed by atoms with Crippen molar-refractivity contribution in [3.63, 3.8) is 0 Å². The summed E-state index contributed by atoms with van der Waals surface area (Å²) in [6, 6.07) is 5.62. The van der Waals surface area contributed by atoms with Crippen molar-refractivity contribution in [1.29, 1.82) is 0 Å². The molecule has 2 rings (SSSR count). The van der Waals surface area contributed by atoms with E-state index in [1.54, 1.807) is 7.05 Å². The van der Waals surface area contributed by atoms with E-state index in [0.29, 0.717) is 17.7 Å². The number of sulfonamides is 1. The van der Waals surface area contributed by atoms with E-state index in [4.69, 9.17) is 0 Å². The molecule has 0 fully saturated rings. The van der Waals surface area contributed by atoms with Crippen molar-refractivity contribution in [1.82, 2.24) is 20.2 Å². The Morgan fingerprint density at radius 3 is 2.60 bits per heavy atom. The van der Waals surface area contributed by atoms with Crippen LogP contribution in [0.2, 0.25) is 0 Å². The molecule has 8 heteroatoms. The summed E-state index contributed by atoms with van der Waals surface area (Å²) in [5, 5.41) is 9.12. The first kappa shape index (κ1) is 14.6. The van der Waals surface area contributed by atoms with E-state index in [1.807, 2.05) is 0 Å². The molecular formula is C12H15FN4O2S. The van der Waals surface area contributed by atoms with Crippen LogP contribution in [0, 0.1) is 5.82 Å². The van der Waals surface area contributed by atoms with Gasteiger partial charge in [-0.3, -0.25) is 5.10 Å². The minimum absolute atomic E-state index is 0.0361. The molecule has 0 saturated heterocycles. The average molecular weight is 298 g/mol. The minimum atomic E-state index is -3.68. The number of rotatable bonds is 6. The third kappa shape index (κ3) is 3.41. The van der Waals surface area contributed by atoms with Crippen LogP contribution >= 0.6 is 0 Å². The summed E-state index contributed by atoms with van der Waals surface area (Å²) in [7, 11) is -1.96. The molecule has 0 bridgehead atoms. The lowest BCUT2D eigenvalue weighted by atomic mass is 10.2. The summed E-state index contributed by atoms with van der Waals surface area (Å²) >= 11 is 0. The number of H-pyrrole nitrogens is 1. The quantitative estimate of drug-likeness (QED) is 0.734. The van der Waals surface area contributed by atoms with Crippen molar-refractivity contribution >= 4 is 10.0 Å². The van der Waals surface area contributed by atoms with Crippen molar-refractivity contribution < 1.29 is 12.8 Å². The van der Waals surface area contributed by atoms with Gasteiger partial charge in [0.1, 0.15) is 5.82 Å². The zero-order valence-electron chi connectivity index (χ0n) is 10.9. The van der Waals surface area contributed by atoms with Crippen LogP contribution in [0.4, 0.5) is 4.39 Å². The third-order valence-electron chi connectivity index (χ3n) is 2.69. The van der Waals surface area contributed by atoms with Crippen LogP contribution in [-0.4, -0.2) is 25.7 Å². The number of aromatic nitrogens is 2. The SMILES string of the molecule is CNCc1cn[nH]c1S(=O)(=O)NCc1ccc(F)cc1. The summed E-state index contributed by atoms with van der Waals surface area (Å²) in [4.78, 5) is 0. The number of hydrogen-bond acceptors (Lipinski definition) is 4. The monoisotopic (exact) mass is 298 g/mol. The van der Waals surface area contributed by atoms with Crippen molar-refractivity contribution in [2.24, 2.45) is 0 Å². The lowest BCUT2D eigenvalue weighted by molar-refractivity contribution is 0.574. The van der Waals surface area contributed by atoms with Crippen molar-refractivity contribution in [2.45, 2.75) is 18.1 Å². The number of aromatic amines is 1. The highest BCUT2D eigenvalue weighted by molar-refractivity contribution is 7.89. The molecule has 3 N–H and O–H groups in total. The Bertz CT molecular complexity index is 667. The van der Waals surface area contributed by atoms with Crippen LogP contribution < -0.4 is 10.0 Å². The van der Waals surface area contributed by atoms with Crippen LogP contribution in [0.15, 0.2) is 35.5 Å². The van der Waals surface area contributed by atoms with Gasteiger partial charge in [0.15, 0.2) is 5.03 Å². The molecule has 0 atom stereocenters. The summed E-state index contributed by atoms with van der Waals surface area (Å²) in [6.07, 6.45) is 1.46. The Morgan fingerprint density at radius 2 is 1.95 bits per heavy atom. The van der Waals surface area contributed by atoms with Gasteiger partial charge in [0.25, 0.3) is 10.0 Å². The largest absolute Gasteiger partial charge is 0.316 e. The molecular weight excluding hydrogens is 283 g/mol. The first-order valence-electron chi connectivity index (χ1n) is 5.94. The molecule has 0 radical (unpaired) electrons. The molecule has 0 aliphatic carbocycles. The standard InChI is InChI=1S/C12H15FN4O2S/c1-14-7-10-8-15-17-12(10)20(18,19)16-6-9-2-4-11(13)5-3-9/h2-5,8,14,16H,6-7H2,1H3,(H,15,17). The highest BCUT2D eigenvalue weighted by Crippen LogP contribution is 2.12. The zero-order valence-corrected chi connectivity index (χ0v) is 11.7. The van der Waals surface area contributed by atoms with Gasteiger partial charge in [-0.15, -0.1) is 0 Å². The van der Waals surface area contributed by atoms with E-state index in [-0.39, 0.29) is 17.4 Å². The van der Waals surface area contributed by atoms with Gasteiger partial charge in [0.05, 0.1) is 6.20 Å². The van der Waals surface area contributed by atoms with Crippen LogP contribution in [0.3, 0.4) is 0 Å². The van der Waals surface area contributed by atoms with E-state index in [1.165, 1.54) is 30.5 Å². The molecule has 0 aliphatic rings. The molecule has 1 aromatic carbocycles. The van der Waals surface area contributed by atoms with Crippen molar-refractivity contribution in [2.75, 3.05) is 7.05 Å². The van der Waals surface area contributed by atoms with Gasteiger partial charge in [-0.1, -0.05) is 12.1 Å². The molecule has 1 aromatic heterocycles. The normalized spacial score (nSPS) is 11.7. The average Bonchev–Trinajstić information content (AvgIpc) is 2.88. The van der Waals surface area contributed by atoms with Gasteiger partial charge < -0.3 is 5.32 Å². The topological polar surface area (TPSA) is 86.9 Å². The second-order valence-corrected chi connectivity index (χ2v) is 5.91. The maximum absolute atomic E-state index is 12.8. The summed E-state index contributed by atoms with van der Waals surface area (Å²) in [5.74, 6) is -0.360. The number of nitrogens with zero attached hydrogens (tertiary/aromatic N) is 1. The van der Waals surface area contributed by atoms with Crippen LogP contribution in [-0.2, 0) is 23.1 Å². The fourth-order valence-electron chi connectivity index (χ4n) is 1.70. The van der Waals surface area contributed by atoms with Gasteiger partial charge in [-0.2, -0.15) is 5.10 Å². The molecule has 0 spiro atoms. The Morgan fingerprint density at radius 1 is 1.25 bits per heavy atom. The summed E-state index contributed by atoms with van der Waals surface area (Å²) in [6.45, 7) is 0.476. The fraction of sp³-hybridized carbons (Fsp3) is 0.250. The summed E-state index contributed by atoms with van der Waals surface area (Å²) < 4.78 is 39.5. The lowest BCUT2D eigenvalue weighted by Gasteiger charge is -2.07. The smallest absolute Gasteiger partial charge is 0.258 e. The number of halogens is 1. The Kier molecular flexibility index (Phi) is 4.48. The zero-order chi connectivity index (χ0) is 14.6. The predicted molar refractivity (Wildman–Crippen MR) is 71.8 cm³/mol. The number of benzene rings is 1. The van der Waals surface area contributed by atoms with Crippen molar-refractivity contribution in [3.05, 3.63) is 47.4 Å². The second-order valence-electron chi connectivity index (χ2n) is 4.21. The van der Waals surface area contributed by atoms with Crippen LogP contribution in [0.5, 0.6) is 0 Å². The van der Waals surface area contributed by atoms with Gasteiger partial charge in [0, 0.05) is 18.7 Å². The van der Waals surface area contributed by atoms with E-state index < -0.39 is 10.0 Å². The van der Waals surface area contributed by atoms with E-state index in [0.717, 1.165) is 0 Å². The van der Waals surface area contributed by atoms with Crippen LogP contribution in [0.1, 0.15) is 11.1 Å². The molecule has 0 unspecified atom stereocenters. The lowest BCUT2D eigenvalue weighted by Crippen LogP contribution is -2.25. The second kappa shape index (κ2) is 6.12. The highest BCUT2D eigenvalue weighted by Gasteiger charge is 2.20. The van der Waals surface area contributed by atoms with Gasteiger partial charge in [-0.05, 0) is 24.7 Å². The molecule has 6 nitrogen and oxygen atoms in total. The predicted octanol–water partition coefficient (Wildman–Crippen LogP) is 0.747. The minimum Gasteiger partial charge on any atom is -0.316 e. The summed E-state index contributed by atoms with van der Waals surface area (Å²) in [5.41, 5.74) is 1.23. The molecule has 1 heterocycles. The first-order chi connectivity index (χ1) is 9.53. The Labute approximate surface area is 116 Å². The molecule has 108 valence electrons. The van der Waals surface area contributed by atoms with E-state index >= 15 is 0 Å². The van der Waals surface area contributed by atoms with Crippen molar-refractivity contribution in [3.8, 4) is 0 Å². The van der Waals surface area contributed by atoms with Gasteiger partial charge >= 0.3 is 0 Å². The van der Waals surface area contributed by atoms with Gasteiger partial charge in [0.2, 0.25) is 0 Å². The maximum atomic E-state index is 12.8. The molecule has 0 amide bonds. The molecule has 2 aromatic rings. The maximum Gasteiger partial charge on any atom is 0.258 e. The first-order valence-corrected chi connectivity index (χ1v) is 7.42. The molecule has 20 heavy (non-hydrogen) atoms. The van der Waals surface area contributed by atoms with E-state index in [9.17, 15) is 12.8 Å². The van der Waals surface area contributed by atoms with Crippen LogP contribution in [0.25, 0.3) is 0 Å². The van der Waals surface area contributed by atoms with Gasteiger partial charge in [-0.25, -0.2) is 17.5 Å². The third-order valence-corrected chi connectivity index (χ3v) is 4.11. The van der Waals surface area contributed by atoms with E-state index in [2.05, 4.69) is 20.2 Å². The number of hydrogen-bond donors (Lipinski definition) is 3. The molecule has 0 aliphatic heterocycles.